The summed E-state index contributed by atoms with van der Waals surface area (Å²) in [7, 11) is 0. The summed E-state index contributed by atoms with van der Waals surface area (Å²) in [4.78, 5) is 40.3. The van der Waals surface area contributed by atoms with Gasteiger partial charge in [-0.25, -0.2) is 15.3 Å². The Morgan fingerprint density at radius 2 is 2.24 bits per heavy atom. The lowest BCUT2D eigenvalue weighted by molar-refractivity contribution is -0.144. The van der Waals surface area contributed by atoms with Crippen LogP contribution in [0.2, 0.25) is 0 Å². The van der Waals surface area contributed by atoms with Gasteiger partial charge in [-0.1, -0.05) is 0 Å². The molecule has 0 aliphatic heterocycles. The van der Waals surface area contributed by atoms with E-state index in [4.69, 9.17) is 5.11 Å². The van der Waals surface area contributed by atoms with Crippen molar-refractivity contribution in [3.63, 3.8) is 0 Å². The summed E-state index contributed by atoms with van der Waals surface area (Å²) in [5.74, 6) is -2.19. The van der Waals surface area contributed by atoms with Crippen LogP contribution in [0.15, 0.2) is 5.38 Å². The lowest BCUT2D eigenvalue weighted by Gasteiger charge is -2.00. The molecule has 8 nitrogen and oxygen atoms in total. The fourth-order valence-corrected chi connectivity index (χ4v) is 1.54. The number of hydrogen-bond acceptors (Lipinski definition) is 6. The van der Waals surface area contributed by atoms with Gasteiger partial charge in [0.2, 0.25) is 5.91 Å². The molecule has 0 unspecified atom stereocenters. The average Bonchev–Trinajstić information content (AvgIpc) is 2.64. The molecule has 2 amide bonds. The third kappa shape index (κ3) is 4.57. The molecule has 0 aromatic carbocycles. The Kier molecular flexibility index (Phi) is 4.55. The van der Waals surface area contributed by atoms with Crippen LogP contribution in [-0.4, -0.2) is 34.5 Å². The summed E-state index contributed by atoms with van der Waals surface area (Å²) in [6, 6.07) is 0. The fraction of sp³-hybridized carbons (Fsp3) is 0.250. The van der Waals surface area contributed by atoms with Gasteiger partial charge in [0.1, 0.15) is 5.69 Å². The standard InChI is InChI=1S/C8H9N3O5S/c1-4(12)9-8-10-5(3-17-8)7(15)11-16-2-6(13)14/h3H,2H2,1H3,(H,11,15)(H,13,14)(H,9,10,12). The van der Waals surface area contributed by atoms with Crippen molar-refractivity contribution in [2.45, 2.75) is 6.92 Å². The van der Waals surface area contributed by atoms with Crippen LogP contribution in [0, 0.1) is 0 Å². The number of nitrogens with one attached hydrogen (secondary N) is 2. The van der Waals surface area contributed by atoms with Crippen molar-refractivity contribution in [3.05, 3.63) is 11.1 Å². The van der Waals surface area contributed by atoms with Crippen molar-refractivity contribution in [1.82, 2.24) is 10.5 Å². The highest BCUT2D eigenvalue weighted by atomic mass is 32.1. The van der Waals surface area contributed by atoms with Crippen LogP contribution < -0.4 is 10.8 Å². The molecular formula is C8H9N3O5S. The summed E-state index contributed by atoms with van der Waals surface area (Å²) in [5.41, 5.74) is 1.94. The van der Waals surface area contributed by atoms with Gasteiger partial charge in [-0.15, -0.1) is 11.3 Å². The zero-order chi connectivity index (χ0) is 12.8. The molecule has 0 bridgehead atoms. The lowest BCUT2D eigenvalue weighted by atomic mass is 10.5. The summed E-state index contributed by atoms with van der Waals surface area (Å²) in [6.07, 6.45) is 0. The highest BCUT2D eigenvalue weighted by Gasteiger charge is 2.11. The third-order valence-electron chi connectivity index (χ3n) is 1.38. The van der Waals surface area contributed by atoms with Crippen LogP contribution in [0.1, 0.15) is 17.4 Å². The van der Waals surface area contributed by atoms with Crippen molar-refractivity contribution in [1.29, 1.82) is 0 Å². The normalized spacial score (nSPS) is 9.71. The first-order valence-corrected chi connectivity index (χ1v) is 5.24. The number of carbonyl (C=O) groups excluding carboxylic acids is 2. The minimum Gasteiger partial charge on any atom is -0.479 e. The summed E-state index contributed by atoms with van der Waals surface area (Å²) in [6.45, 7) is 0.672. The van der Waals surface area contributed by atoms with E-state index in [2.05, 4.69) is 15.1 Å². The van der Waals surface area contributed by atoms with Crippen LogP contribution in [0.5, 0.6) is 0 Å². The monoisotopic (exact) mass is 259 g/mol. The average molecular weight is 259 g/mol. The predicted molar refractivity (Wildman–Crippen MR) is 57.5 cm³/mol. The third-order valence-corrected chi connectivity index (χ3v) is 2.14. The molecular weight excluding hydrogens is 250 g/mol. The Morgan fingerprint density at radius 1 is 1.53 bits per heavy atom. The molecule has 1 aromatic heterocycles. The Bertz CT molecular complexity index is 444. The number of rotatable bonds is 5. The number of hydrogen-bond donors (Lipinski definition) is 3. The molecule has 0 saturated carbocycles. The lowest BCUT2D eigenvalue weighted by Crippen LogP contribution is -2.26. The van der Waals surface area contributed by atoms with Crippen molar-refractivity contribution in [3.8, 4) is 0 Å². The van der Waals surface area contributed by atoms with Gasteiger partial charge in [-0.05, 0) is 0 Å². The highest BCUT2D eigenvalue weighted by Crippen LogP contribution is 2.14. The van der Waals surface area contributed by atoms with Crippen molar-refractivity contribution in [2.75, 3.05) is 11.9 Å². The molecule has 0 spiro atoms. The fourth-order valence-electron chi connectivity index (χ4n) is 0.802. The number of anilines is 1. The molecule has 0 saturated heterocycles. The van der Waals surface area contributed by atoms with Crippen LogP contribution in [0.25, 0.3) is 0 Å². The Hall–Kier alpha value is -2.00. The Labute approximate surface area is 99.6 Å². The molecule has 9 heteroatoms. The van der Waals surface area contributed by atoms with E-state index in [1.165, 1.54) is 12.3 Å². The van der Waals surface area contributed by atoms with Gasteiger partial charge in [0, 0.05) is 12.3 Å². The molecule has 3 N–H and O–H groups in total. The molecule has 17 heavy (non-hydrogen) atoms. The number of aliphatic carboxylic acids is 1. The highest BCUT2D eigenvalue weighted by molar-refractivity contribution is 7.14. The van der Waals surface area contributed by atoms with E-state index in [1.54, 1.807) is 0 Å². The second-order valence-electron chi connectivity index (χ2n) is 2.83. The van der Waals surface area contributed by atoms with Gasteiger partial charge in [-0.3, -0.25) is 14.4 Å². The Morgan fingerprint density at radius 3 is 2.82 bits per heavy atom. The van der Waals surface area contributed by atoms with E-state index in [1.807, 2.05) is 5.48 Å². The van der Waals surface area contributed by atoms with Crippen LogP contribution >= 0.6 is 11.3 Å². The van der Waals surface area contributed by atoms with Gasteiger partial charge in [0.25, 0.3) is 5.91 Å². The number of carboxylic acids is 1. The topological polar surface area (TPSA) is 118 Å². The Balaban J connectivity index is 2.49. The van der Waals surface area contributed by atoms with Crippen molar-refractivity contribution < 1.29 is 24.3 Å². The van der Waals surface area contributed by atoms with Crippen LogP contribution in [-0.2, 0) is 14.4 Å². The van der Waals surface area contributed by atoms with Gasteiger partial charge in [-0.2, -0.15) is 0 Å². The molecule has 0 aliphatic rings. The van der Waals surface area contributed by atoms with E-state index in [0.29, 0.717) is 0 Å². The number of hydroxylamine groups is 1. The van der Waals surface area contributed by atoms with Gasteiger partial charge >= 0.3 is 5.97 Å². The maximum Gasteiger partial charge on any atom is 0.332 e. The molecule has 0 fully saturated rings. The van der Waals surface area contributed by atoms with E-state index < -0.39 is 18.5 Å². The minimum atomic E-state index is -1.21. The zero-order valence-electron chi connectivity index (χ0n) is 8.72. The number of thiazole rings is 1. The first-order chi connectivity index (χ1) is 7.99. The summed E-state index contributed by atoms with van der Waals surface area (Å²) in [5, 5.41) is 12.4. The molecule has 0 radical (unpaired) electrons. The van der Waals surface area contributed by atoms with Crippen molar-refractivity contribution >= 4 is 34.3 Å². The number of aromatic nitrogens is 1. The van der Waals surface area contributed by atoms with E-state index in [-0.39, 0.29) is 16.7 Å². The largest absolute Gasteiger partial charge is 0.479 e. The van der Waals surface area contributed by atoms with Crippen LogP contribution in [0.3, 0.4) is 0 Å². The number of amides is 2. The van der Waals surface area contributed by atoms with E-state index >= 15 is 0 Å². The molecule has 92 valence electrons. The zero-order valence-corrected chi connectivity index (χ0v) is 9.54. The molecule has 1 aromatic rings. The second kappa shape index (κ2) is 5.92. The quantitative estimate of drug-likeness (QED) is 0.633. The first-order valence-electron chi connectivity index (χ1n) is 4.36. The molecule has 0 atom stereocenters. The summed E-state index contributed by atoms with van der Waals surface area (Å²) < 4.78 is 0. The van der Waals surface area contributed by atoms with Gasteiger partial charge in [0.05, 0.1) is 0 Å². The molecule has 0 aliphatic carbocycles. The summed E-state index contributed by atoms with van der Waals surface area (Å²) >= 11 is 1.07. The van der Waals surface area contributed by atoms with Crippen LogP contribution in [0.4, 0.5) is 5.13 Å². The van der Waals surface area contributed by atoms with E-state index in [9.17, 15) is 14.4 Å². The second-order valence-corrected chi connectivity index (χ2v) is 3.69. The number of nitrogens with zero attached hydrogens (tertiary/aromatic N) is 1. The maximum absolute atomic E-state index is 11.3. The maximum atomic E-state index is 11.3. The predicted octanol–water partition coefficient (Wildman–Crippen LogP) is -0.152. The van der Waals surface area contributed by atoms with Crippen molar-refractivity contribution in [2.24, 2.45) is 0 Å². The van der Waals surface area contributed by atoms with Gasteiger partial charge < -0.3 is 10.4 Å². The first kappa shape index (κ1) is 13.1. The van der Waals surface area contributed by atoms with Gasteiger partial charge in [0.15, 0.2) is 11.7 Å². The number of carboxylic acid groups (broad SMARTS) is 1. The smallest absolute Gasteiger partial charge is 0.332 e. The SMILES string of the molecule is CC(=O)Nc1nc(C(=O)NOCC(=O)O)cs1. The minimum absolute atomic E-state index is 0.0316. The molecule has 1 heterocycles. The van der Waals surface area contributed by atoms with E-state index in [0.717, 1.165) is 11.3 Å². The molecule has 1 rings (SSSR count). The number of carbonyl (C=O) groups is 3.